The van der Waals surface area contributed by atoms with Crippen LogP contribution in [0.25, 0.3) is 0 Å². The van der Waals surface area contributed by atoms with Crippen molar-refractivity contribution in [3.05, 3.63) is 29.6 Å². The monoisotopic (exact) mass is 304 g/mol. The molecule has 1 fully saturated rings. The molecule has 2 rings (SSSR count). The number of halogens is 4. The normalized spacial score (nSPS) is 22.3. The molecule has 1 atom stereocenters. The van der Waals surface area contributed by atoms with Gasteiger partial charge in [-0.1, -0.05) is 6.92 Å². The molecule has 3 nitrogen and oxygen atoms in total. The van der Waals surface area contributed by atoms with Gasteiger partial charge in [0.05, 0.1) is 16.8 Å². The Morgan fingerprint density at radius 3 is 2.67 bits per heavy atom. The molecule has 1 aromatic carbocycles. The molecule has 1 amide bonds. The van der Waals surface area contributed by atoms with Gasteiger partial charge in [-0.25, -0.2) is 4.39 Å². The van der Waals surface area contributed by atoms with E-state index in [0.717, 1.165) is 6.42 Å². The van der Waals surface area contributed by atoms with Gasteiger partial charge in [0.1, 0.15) is 5.82 Å². The minimum Gasteiger partial charge on any atom is -0.322 e. The van der Waals surface area contributed by atoms with Gasteiger partial charge >= 0.3 is 6.18 Å². The lowest BCUT2D eigenvalue weighted by atomic mass is 9.93. The molecule has 0 bridgehead atoms. The quantitative estimate of drug-likeness (QED) is 0.841. The van der Waals surface area contributed by atoms with Crippen LogP contribution in [0.2, 0.25) is 0 Å². The highest BCUT2D eigenvalue weighted by Gasteiger charge is 2.39. The Kier molecular flexibility index (Phi) is 4.22. The van der Waals surface area contributed by atoms with Gasteiger partial charge in [-0.2, -0.15) is 13.2 Å². The summed E-state index contributed by atoms with van der Waals surface area (Å²) in [5, 5.41) is 5.33. The van der Waals surface area contributed by atoms with E-state index in [1.807, 2.05) is 0 Å². The molecule has 0 aromatic heterocycles. The van der Waals surface area contributed by atoms with Crippen LogP contribution in [-0.2, 0) is 11.0 Å². The molecule has 1 unspecified atom stereocenters. The Morgan fingerprint density at radius 1 is 1.43 bits per heavy atom. The summed E-state index contributed by atoms with van der Waals surface area (Å²) in [5.74, 6) is -1.39. The average molecular weight is 304 g/mol. The van der Waals surface area contributed by atoms with Crippen LogP contribution in [-0.4, -0.2) is 18.0 Å². The zero-order valence-corrected chi connectivity index (χ0v) is 11.5. The van der Waals surface area contributed by atoms with Crippen LogP contribution in [0, 0.1) is 5.82 Å². The van der Waals surface area contributed by atoms with Crippen LogP contribution in [0.3, 0.4) is 0 Å². The van der Waals surface area contributed by atoms with Crippen LogP contribution in [0.5, 0.6) is 0 Å². The van der Waals surface area contributed by atoms with Gasteiger partial charge in [-0.15, -0.1) is 0 Å². The molecule has 1 saturated heterocycles. The van der Waals surface area contributed by atoms with Crippen molar-refractivity contribution in [2.75, 3.05) is 11.9 Å². The predicted molar refractivity (Wildman–Crippen MR) is 70.3 cm³/mol. The van der Waals surface area contributed by atoms with E-state index in [4.69, 9.17) is 0 Å². The Hall–Kier alpha value is -1.63. The van der Waals surface area contributed by atoms with Crippen molar-refractivity contribution in [3.8, 4) is 0 Å². The molecule has 0 aliphatic carbocycles. The van der Waals surface area contributed by atoms with Gasteiger partial charge in [0, 0.05) is 0 Å². The number of benzene rings is 1. The van der Waals surface area contributed by atoms with Crippen LogP contribution in [0.4, 0.5) is 23.2 Å². The van der Waals surface area contributed by atoms with Gasteiger partial charge in [0.2, 0.25) is 5.91 Å². The zero-order valence-electron chi connectivity index (χ0n) is 11.5. The highest BCUT2D eigenvalue weighted by atomic mass is 19.4. The third kappa shape index (κ3) is 3.18. The number of carbonyl (C=O) groups excluding carboxylic acids is 1. The minimum atomic E-state index is -4.58. The average Bonchev–Trinajstić information content (AvgIpc) is 2.90. The minimum absolute atomic E-state index is 0.448. The predicted octanol–water partition coefficient (Wildman–Crippen LogP) is 3.32. The summed E-state index contributed by atoms with van der Waals surface area (Å²) in [6.45, 7) is 2.47. The first-order valence-electron chi connectivity index (χ1n) is 6.72. The lowest BCUT2D eigenvalue weighted by Gasteiger charge is -2.26. The summed E-state index contributed by atoms with van der Waals surface area (Å²) in [6, 6.07) is 1.97. The second-order valence-corrected chi connectivity index (χ2v) is 5.11. The van der Waals surface area contributed by atoms with Gasteiger partial charge < -0.3 is 10.6 Å². The maximum absolute atomic E-state index is 13.6. The number of amides is 1. The number of nitrogens with one attached hydrogen (secondary N) is 2. The fourth-order valence-corrected chi connectivity index (χ4v) is 2.50. The number of hydrogen-bond acceptors (Lipinski definition) is 2. The van der Waals surface area contributed by atoms with E-state index >= 15 is 0 Å². The van der Waals surface area contributed by atoms with Crippen molar-refractivity contribution in [2.24, 2.45) is 0 Å². The van der Waals surface area contributed by atoms with E-state index in [0.29, 0.717) is 37.6 Å². The first kappa shape index (κ1) is 15.8. The van der Waals surface area contributed by atoms with E-state index in [2.05, 4.69) is 10.6 Å². The molecule has 0 radical (unpaired) electrons. The number of rotatable bonds is 3. The van der Waals surface area contributed by atoms with Gasteiger partial charge in [0.15, 0.2) is 0 Å². The molecule has 2 N–H and O–H groups in total. The van der Waals surface area contributed by atoms with E-state index in [1.165, 1.54) is 0 Å². The summed E-state index contributed by atoms with van der Waals surface area (Å²) >= 11 is 0. The second kappa shape index (κ2) is 5.63. The molecule has 1 aliphatic heterocycles. The molecule has 1 aromatic rings. The molecule has 0 saturated carbocycles. The largest absolute Gasteiger partial charge is 0.416 e. The fraction of sp³-hybridized carbons (Fsp3) is 0.500. The molecule has 0 spiro atoms. The fourth-order valence-electron chi connectivity index (χ4n) is 2.50. The van der Waals surface area contributed by atoms with E-state index in [1.54, 1.807) is 6.92 Å². The molecule has 7 heteroatoms. The molecule has 1 heterocycles. The Labute approximate surface area is 119 Å². The van der Waals surface area contributed by atoms with E-state index in [-0.39, 0.29) is 0 Å². The van der Waals surface area contributed by atoms with Crippen LogP contribution in [0.15, 0.2) is 18.2 Å². The maximum Gasteiger partial charge on any atom is 0.416 e. The molecular formula is C14H16F4N2O. The third-order valence-electron chi connectivity index (χ3n) is 3.82. The molecule has 1 aliphatic rings. The first-order chi connectivity index (χ1) is 9.78. The highest BCUT2D eigenvalue weighted by Crippen LogP contribution is 2.32. The summed E-state index contributed by atoms with van der Waals surface area (Å²) in [5.41, 5.74) is -2.28. The van der Waals surface area contributed by atoms with Crippen molar-refractivity contribution in [1.29, 1.82) is 0 Å². The highest BCUT2D eigenvalue weighted by molar-refractivity contribution is 5.98. The first-order valence-corrected chi connectivity index (χ1v) is 6.72. The van der Waals surface area contributed by atoms with Gasteiger partial charge in [-0.3, -0.25) is 4.79 Å². The smallest absolute Gasteiger partial charge is 0.322 e. The van der Waals surface area contributed by atoms with Crippen LogP contribution < -0.4 is 10.6 Å². The van der Waals surface area contributed by atoms with Gasteiger partial charge in [-0.05, 0) is 44.0 Å². The number of hydrogen-bond donors (Lipinski definition) is 2. The van der Waals surface area contributed by atoms with Crippen molar-refractivity contribution in [2.45, 2.75) is 37.9 Å². The Balaban J connectivity index is 2.25. The van der Waals surface area contributed by atoms with Crippen LogP contribution >= 0.6 is 0 Å². The summed E-state index contributed by atoms with van der Waals surface area (Å²) in [6.07, 6.45) is -2.72. The van der Waals surface area contributed by atoms with E-state index in [9.17, 15) is 22.4 Å². The van der Waals surface area contributed by atoms with Gasteiger partial charge in [0.25, 0.3) is 0 Å². The van der Waals surface area contributed by atoms with Crippen molar-refractivity contribution in [3.63, 3.8) is 0 Å². The lowest BCUT2D eigenvalue weighted by molar-refractivity contribution is -0.137. The third-order valence-corrected chi connectivity index (χ3v) is 3.82. The topological polar surface area (TPSA) is 41.1 Å². The van der Waals surface area contributed by atoms with Crippen molar-refractivity contribution < 1.29 is 22.4 Å². The Bertz CT molecular complexity index is 536. The zero-order chi connectivity index (χ0) is 15.7. The second-order valence-electron chi connectivity index (χ2n) is 5.11. The van der Waals surface area contributed by atoms with E-state index < -0.39 is 34.7 Å². The standard InChI is InChI=1S/C14H16F4N2O/c1-2-13(6-3-7-19-13)12(21)20-11-8-9(14(16,17)18)4-5-10(11)15/h4-5,8,19H,2-3,6-7H2,1H3,(H,20,21). The van der Waals surface area contributed by atoms with Crippen molar-refractivity contribution in [1.82, 2.24) is 5.32 Å². The molecule has 21 heavy (non-hydrogen) atoms. The van der Waals surface area contributed by atoms with Crippen LogP contribution in [0.1, 0.15) is 31.7 Å². The molecule has 116 valence electrons. The maximum atomic E-state index is 13.6. The number of anilines is 1. The van der Waals surface area contributed by atoms with Crippen molar-refractivity contribution >= 4 is 11.6 Å². The lowest BCUT2D eigenvalue weighted by Crippen LogP contribution is -2.50. The molecular weight excluding hydrogens is 288 g/mol. The number of carbonyl (C=O) groups is 1. The summed E-state index contributed by atoms with van der Waals surface area (Å²) in [7, 11) is 0. The Morgan fingerprint density at radius 2 is 2.14 bits per heavy atom. The number of alkyl halides is 3. The summed E-state index contributed by atoms with van der Waals surface area (Å²) in [4.78, 5) is 12.3. The SMILES string of the molecule is CCC1(C(=O)Nc2cc(C(F)(F)F)ccc2F)CCCN1. The summed E-state index contributed by atoms with van der Waals surface area (Å²) < 4.78 is 51.5.